The van der Waals surface area contributed by atoms with Gasteiger partial charge in [-0.25, -0.2) is 4.79 Å². The molecule has 158 valence electrons. The van der Waals surface area contributed by atoms with E-state index in [1.165, 1.54) is 29.5 Å². The van der Waals surface area contributed by atoms with Crippen LogP contribution in [0.25, 0.3) is 0 Å². The molecule has 1 fully saturated rings. The van der Waals surface area contributed by atoms with Crippen molar-refractivity contribution < 1.29 is 4.79 Å². The molecule has 1 saturated carbocycles. The van der Waals surface area contributed by atoms with Crippen LogP contribution in [0.4, 0.5) is 10.5 Å². The standard InChI is InChI=1S/C25H34N2O.ClH/c1-18(2)21-13-10-14-22(19(3)4)23(21)27-24(28)26-17-25(15-8-9-16-25)20-11-6-5-7-12-20;/h5-7,10-14,18-19H,8-9,15-17H2,1-4H3,(H2,26,27,28);1H. The Morgan fingerprint density at radius 3 is 1.97 bits per heavy atom. The molecule has 0 aromatic heterocycles. The molecule has 1 aliphatic carbocycles. The molecule has 2 amide bonds. The highest BCUT2D eigenvalue weighted by Crippen LogP contribution is 2.40. The van der Waals surface area contributed by atoms with E-state index in [0.29, 0.717) is 18.4 Å². The first-order chi connectivity index (χ1) is 13.4. The van der Waals surface area contributed by atoms with Crippen LogP contribution < -0.4 is 10.6 Å². The third kappa shape index (κ3) is 5.33. The van der Waals surface area contributed by atoms with E-state index in [4.69, 9.17) is 0 Å². The highest BCUT2D eigenvalue weighted by atomic mass is 35.5. The quantitative estimate of drug-likeness (QED) is 0.525. The third-order valence-electron chi connectivity index (χ3n) is 6.15. The van der Waals surface area contributed by atoms with Crippen molar-refractivity contribution in [2.24, 2.45) is 0 Å². The summed E-state index contributed by atoms with van der Waals surface area (Å²) in [4.78, 5) is 12.9. The Balaban J connectivity index is 0.00000300. The van der Waals surface area contributed by atoms with E-state index >= 15 is 0 Å². The zero-order chi connectivity index (χ0) is 20.1. The normalized spacial score (nSPS) is 15.2. The van der Waals surface area contributed by atoms with E-state index in [-0.39, 0.29) is 23.9 Å². The van der Waals surface area contributed by atoms with Crippen LogP contribution >= 0.6 is 12.4 Å². The largest absolute Gasteiger partial charge is 0.337 e. The van der Waals surface area contributed by atoms with Gasteiger partial charge in [0.1, 0.15) is 0 Å². The summed E-state index contributed by atoms with van der Waals surface area (Å²) in [6, 6.07) is 16.9. The lowest BCUT2D eigenvalue weighted by Crippen LogP contribution is -2.41. The second-order valence-electron chi connectivity index (χ2n) is 8.78. The number of hydrogen-bond donors (Lipinski definition) is 2. The predicted molar refractivity (Wildman–Crippen MR) is 125 cm³/mol. The van der Waals surface area contributed by atoms with Crippen LogP contribution in [-0.4, -0.2) is 12.6 Å². The Morgan fingerprint density at radius 1 is 0.897 bits per heavy atom. The monoisotopic (exact) mass is 414 g/mol. The first-order valence-electron chi connectivity index (χ1n) is 10.7. The lowest BCUT2D eigenvalue weighted by Gasteiger charge is -2.30. The van der Waals surface area contributed by atoms with Gasteiger partial charge in [0.05, 0.1) is 0 Å². The van der Waals surface area contributed by atoms with Crippen LogP contribution in [0, 0.1) is 0 Å². The van der Waals surface area contributed by atoms with Crippen LogP contribution in [0.1, 0.15) is 81.9 Å². The van der Waals surface area contributed by atoms with E-state index in [9.17, 15) is 4.79 Å². The van der Waals surface area contributed by atoms with Crippen LogP contribution in [0.15, 0.2) is 48.5 Å². The SMILES string of the molecule is CC(C)c1cccc(C(C)C)c1NC(=O)NCC1(c2ccccc2)CCCC1.Cl. The Kier molecular flexibility index (Phi) is 8.15. The maximum atomic E-state index is 12.9. The molecule has 0 atom stereocenters. The molecule has 29 heavy (non-hydrogen) atoms. The third-order valence-corrected chi connectivity index (χ3v) is 6.15. The van der Waals surface area contributed by atoms with E-state index < -0.39 is 0 Å². The summed E-state index contributed by atoms with van der Waals surface area (Å²) >= 11 is 0. The molecule has 0 unspecified atom stereocenters. The number of amides is 2. The van der Waals surface area contributed by atoms with Gasteiger partial charge in [-0.15, -0.1) is 12.4 Å². The number of benzene rings is 2. The van der Waals surface area contributed by atoms with Gasteiger partial charge in [-0.05, 0) is 41.4 Å². The number of para-hydroxylation sites is 1. The molecule has 1 aliphatic rings. The maximum Gasteiger partial charge on any atom is 0.319 e. The van der Waals surface area contributed by atoms with Gasteiger partial charge in [0.2, 0.25) is 0 Å². The molecule has 2 aromatic rings. The first-order valence-corrected chi connectivity index (χ1v) is 10.7. The molecule has 0 spiro atoms. The fourth-order valence-corrected chi connectivity index (χ4v) is 4.51. The molecule has 0 aliphatic heterocycles. The summed E-state index contributed by atoms with van der Waals surface area (Å²) in [5, 5.41) is 6.38. The second kappa shape index (κ2) is 10.2. The highest BCUT2D eigenvalue weighted by Gasteiger charge is 2.35. The minimum absolute atomic E-state index is 0. The summed E-state index contributed by atoms with van der Waals surface area (Å²) in [5.41, 5.74) is 4.78. The van der Waals surface area contributed by atoms with Gasteiger partial charge in [0, 0.05) is 17.6 Å². The molecule has 0 heterocycles. The fourth-order valence-electron chi connectivity index (χ4n) is 4.51. The zero-order valence-corrected chi connectivity index (χ0v) is 18.9. The van der Waals surface area contributed by atoms with Crippen molar-refractivity contribution in [1.29, 1.82) is 0 Å². The number of halogens is 1. The molecule has 3 nitrogen and oxygen atoms in total. The Hall–Kier alpha value is -2.00. The van der Waals surface area contributed by atoms with E-state index in [1.807, 2.05) is 0 Å². The number of anilines is 1. The van der Waals surface area contributed by atoms with Gasteiger partial charge in [-0.2, -0.15) is 0 Å². The first kappa shape index (κ1) is 23.3. The lowest BCUT2D eigenvalue weighted by molar-refractivity contribution is 0.248. The van der Waals surface area contributed by atoms with Crippen molar-refractivity contribution in [2.75, 3.05) is 11.9 Å². The fraction of sp³-hybridized carbons (Fsp3) is 0.480. The topological polar surface area (TPSA) is 41.1 Å². The summed E-state index contributed by atoms with van der Waals surface area (Å²) in [6.07, 6.45) is 4.73. The molecule has 2 N–H and O–H groups in total. The van der Waals surface area contributed by atoms with E-state index in [1.54, 1.807) is 0 Å². The van der Waals surface area contributed by atoms with Crippen LogP contribution in [0.2, 0.25) is 0 Å². The van der Waals surface area contributed by atoms with Crippen molar-refractivity contribution in [3.05, 3.63) is 65.2 Å². The van der Waals surface area contributed by atoms with Crippen LogP contribution in [0.3, 0.4) is 0 Å². The summed E-state index contributed by atoms with van der Waals surface area (Å²) in [5.74, 6) is 0.721. The van der Waals surface area contributed by atoms with Crippen molar-refractivity contribution in [1.82, 2.24) is 5.32 Å². The van der Waals surface area contributed by atoms with Crippen molar-refractivity contribution in [3.63, 3.8) is 0 Å². The number of nitrogens with one attached hydrogen (secondary N) is 2. The summed E-state index contributed by atoms with van der Waals surface area (Å²) in [7, 11) is 0. The Labute approximate surface area is 182 Å². The average molecular weight is 415 g/mol. The molecule has 0 radical (unpaired) electrons. The van der Waals surface area contributed by atoms with Gasteiger partial charge in [0.25, 0.3) is 0 Å². The summed E-state index contributed by atoms with van der Waals surface area (Å²) in [6.45, 7) is 9.37. The molecule has 4 heteroatoms. The zero-order valence-electron chi connectivity index (χ0n) is 18.1. The molecule has 2 aromatic carbocycles. The maximum absolute atomic E-state index is 12.9. The van der Waals surface area contributed by atoms with Crippen molar-refractivity contribution >= 4 is 24.1 Å². The highest BCUT2D eigenvalue weighted by molar-refractivity contribution is 5.91. The molecular formula is C25H35ClN2O. The van der Waals surface area contributed by atoms with Crippen LogP contribution in [0.5, 0.6) is 0 Å². The number of urea groups is 1. The molecule has 0 bridgehead atoms. The van der Waals surface area contributed by atoms with Gasteiger partial charge < -0.3 is 10.6 Å². The van der Waals surface area contributed by atoms with Gasteiger partial charge >= 0.3 is 6.03 Å². The van der Waals surface area contributed by atoms with Crippen LogP contribution in [-0.2, 0) is 5.41 Å². The van der Waals surface area contributed by atoms with Gasteiger partial charge in [-0.3, -0.25) is 0 Å². The van der Waals surface area contributed by atoms with Crippen molar-refractivity contribution in [2.45, 2.75) is 70.6 Å². The molecular weight excluding hydrogens is 380 g/mol. The second-order valence-corrected chi connectivity index (χ2v) is 8.78. The number of rotatable bonds is 6. The minimum Gasteiger partial charge on any atom is -0.337 e. The minimum atomic E-state index is -0.0998. The number of carbonyl (C=O) groups excluding carboxylic acids is 1. The molecule has 3 rings (SSSR count). The Morgan fingerprint density at radius 2 is 1.45 bits per heavy atom. The number of hydrogen-bond acceptors (Lipinski definition) is 1. The Bertz CT molecular complexity index is 769. The number of carbonyl (C=O) groups is 1. The summed E-state index contributed by atoms with van der Waals surface area (Å²) < 4.78 is 0. The van der Waals surface area contributed by atoms with Crippen molar-refractivity contribution in [3.8, 4) is 0 Å². The van der Waals surface area contributed by atoms with Gasteiger partial charge in [-0.1, -0.05) is 89.1 Å². The van der Waals surface area contributed by atoms with E-state index in [0.717, 1.165) is 18.5 Å². The smallest absolute Gasteiger partial charge is 0.319 e. The average Bonchev–Trinajstić information content (AvgIpc) is 3.17. The predicted octanol–water partition coefficient (Wildman–Crippen LogP) is 6.99. The lowest BCUT2D eigenvalue weighted by atomic mass is 9.79. The molecule has 0 saturated heterocycles. The van der Waals surface area contributed by atoms with E-state index in [2.05, 4.69) is 86.9 Å². The van der Waals surface area contributed by atoms with Gasteiger partial charge in [0.15, 0.2) is 0 Å².